The van der Waals surface area contributed by atoms with Crippen LogP contribution in [-0.4, -0.2) is 11.9 Å². The molecule has 0 aromatic heterocycles. The van der Waals surface area contributed by atoms with E-state index in [0.717, 1.165) is 0 Å². The summed E-state index contributed by atoms with van der Waals surface area (Å²) >= 11 is 0. The number of esters is 2. The maximum absolute atomic E-state index is 13.2. The molecular formula is C21H29N13O4. The summed E-state index contributed by atoms with van der Waals surface area (Å²) in [4.78, 5) is 26.4. The first-order valence-electron chi connectivity index (χ1n) is 10.5. The number of rotatable bonds is 4. The summed E-state index contributed by atoms with van der Waals surface area (Å²) in [6.45, 7) is 1.45. The molecular weight excluding hydrogens is 498 g/mol. The van der Waals surface area contributed by atoms with Crippen LogP contribution in [0.4, 0.5) is 73.9 Å². The van der Waals surface area contributed by atoms with E-state index in [2.05, 4.69) is 0 Å². The van der Waals surface area contributed by atoms with Crippen LogP contribution < -0.4 is 84.0 Å². The SMILES string of the molecule is Cc1c(N)c(N)c(N)c(N)c1C(=O)Oc1c(N)c(N)c(N)c(N)c1OC(=O)c1c(N)c(N)c(N)c(N)c1N. The standard InChI is InChI=1S/C21H29N13O4/c1-2-3(6(23)10(27)9(26)5(2)22)20(35)37-18-16(33)14(31)15(32)17(34)19(18)38-21(36)4-7(24)11(28)13(30)12(29)8(4)25/h22-34H2,1H3. The van der Waals surface area contributed by atoms with Crippen molar-refractivity contribution < 1.29 is 19.1 Å². The number of anilines is 13. The summed E-state index contributed by atoms with van der Waals surface area (Å²) in [5, 5.41) is 0. The van der Waals surface area contributed by atoms with Crippen LogP contribution >= 0.6 is 0 Å². The quantitative estimate of drug-likeness (QED) is 0.110. The topological polar surface area (TPSA) is 391 Å². The third-order valence-electron chi connectivity index (χ3n) is 5.98. The van der Waals surface area contributed by atoms with E-state index >= 15 is 0 Å². The molecule has 3 aromatic carbocycles. The van der Waals surface area contributed by atoms with E-state index in [1.54, 1.807) is 0 Å². The zero-order valence-electron chi connectivity index (χ0n) is 20.1. The summed E-state index contributed by atoms with van der Waals surface area (Å²) in [5.74, 6) is -3.53. The van der Waals surface area contributed by atoms with Crippen molar-refractivity contribution in [3.63, 3.8) is 0 Å². The molecule has 0 bridgehead atoms. The zero-order valence-corrected chi connectivity index (χ0v) is 20.1. The Labute approximate surface area is 215 Å². The second-order valence-electron chi connectivity index (χ2n) is 8.19. The van der Waals surface area contributed by atoms with Gasteiger partial charge >= 0.3 is 11.9 Å². The average molecular weight is 528 g/mol. The van der Waals surface area contributed by atoms with Crippen LogP contribution in [0.15, 0.2) is 0 Å². The van der Waals surface area contributed by atoms with Crippen LogP contribution in [0.1, 0.15) is 26.3 Å². The van der Waals surface area contributed by atoms with Gasteiger partial charge in [0.05, 0.1) is 68.1 Å². The maximum atomic E-state index is 13.2. The van der Waals surface area contributed by atoms with Crippen molar-refractivity contribution in [1.29, 1.82) is 0 Å². The van der Waals surface area contributed by atoms with Gasteiger partial charge in [0.1, 0.15) is 16.9 Å². The minimum absolute atomic E-state index is 0.0101. The predicted molar refractivity (Wildman–Crippen MR) is 151 cm³/mol. The highest BCUT2D eigenvalue weighted by molar-refractivity contribution is 6.12. The summed E-state index contributed by atoms with van der Waals surface area (Å²) < 4.78 is 10.8. The fourth-order valence-electron chi connectivity index (χ4n) is 3.57. The summed E-state index contributed by atoms with van der Waals surface area (Å²) in [7, 11) is 0. The van der Waals surface area contributed by atoms with Crippen LogP contribution in [0.2, 0.25) is 0 Å². The monoisotopic (exact) mass is 527 g/mol. The van der Waals surface area contributed by atoms with Crippen LogP contribution in [0.25, 0.3) is 0 Å². The second kappa shape index (κ2) is 8.90. The normalized spacial score (nSPS) is 10.8. The number of nitrogens with two attached hydrogens (primary N) is 13. The highest BCUT2D eigenvalue weighted by Crippen LogP contribution is 2.49. The zero-order chi connectivity index (χ0) is 29.0. The van der Waals surface area contributed by atoms with Gasteiger partial charge in [-0.1, -0.05) is 0 Å². The minimum Gasteiger partial charge on any atom is -0.416 e. The molecule has 0 unspecified atom stereocenters. The fraction of sp³-hybridized carbons (Fsp3) is 0.0476. The summed E-state index contributed by atoms with van der Waals surface area (Å²) in [6.07, 6.45) is 0. The number of carbonyl (C=O) groups excluding carboxylic acids is 2. The lowest BCUT2D eigenvalue weighted by Crippen LogP contribution is -2.21. The van der Waals surface area contributed by atoms with Gasteiger partial charge in [0.2, 0.25) is 11.5 Å². The molecule has 17 nitrogen and oxygen atoms in total. The lowest BCUT2D eigenvalue weighted by atomic mass is 10.0. The third-order valence-corrected chi connectivity index (χ3v) is 5.98. The van der Waals surface area contributed by atoms with E-state index in [1.807, 2.05) is 0 Å². The van der Waals surface area contributed by atoms with E-state index < -0.39 is 40.4 Å². The lowest BCUT2D eigenvalue weighted by Gasteiger charge is -2.21. The molecule has 0 aliphatic heterocycles. The van der Waals surface area contributed by atoms with Gasteiger partial charge in [0, 0.05) is 0 Å². The lowest BCUT2D eigenvalue weighted by molar-refractivity contribution is 0.0686. The number of carbonyl (C=O) groups is 2. The highest BCUT2D eigenvalue weighted by atomic mass is 16.6. The van der Waals surface area contributed by atoms with Crippen molar-refractivity contribution in [2.24, 2.45) is 0 Å². The Balaban J connectivity index is 2.19. The molecule has 0 saturated carbocycles. The number of hydrogen-bond acceptors (Lipinski definition) is 17. The van der Waals surface area contributed by atoms with Crippen molar-refractivity contribution >= 4 is 85.9 Å². The maximum Gasteiger partial charge on any atom is 0.348 e. The molecule has 0 spiro atoms. The smallest absolute Gasteiger partial charge is 0.348 e. The van der Waals surface area contributed by atoms with Crippen molar-refractivity contribution in [1.82, 2.24) is 0 Å². The summed E-state index contributed by atoms with van der Waals surface area (Å²) in [5.41, 5.74) is 73.2. The van der Waals surface area contributed by atoms with Gasteiger partial charge in [0.25, 0.3) is 0 Å². The Bertz CT molecular complexity index is 1380. The van der Waals surface area contributed by atoms with Crippen LogP contribution in [0, 0.1) is 6.92 Å². The number of ether oxygens (including phenoxy) is 2. The number of benzene rings is 3. The Kier molecular flexibility index (Phi) is 6.23. The van der Waals surface area contributed by atoms with Gasteiger partial charge in [-0.05, 0) is 12.5 Å². The van der Waals surface area contributed by atoms with Gasteiger partial charge in [-0.3, -0.25) is 0 Å². The fourth-order valence-corrected chi connectivity index (χ4v) is 3.57. The molecule has 0 saturated heterocycles. The van der Waals surface area contributed by atoms with Crippen molar-refractivity contribution in [3.05, 3.63) is 16.7 Å². The molecule has 0 amide bonds. The van der Waals surface area contributed by atoms with Crippen molar-refractivity contribution in [2.45, 2.75) is 6.92 Å². The molecule has 0 fully saturated rings. The van der Waals surface area contributed by atoms with Crippen LogP contribution in [-0.2, 0) is 0 Å². The molecule has 0 atom stereocenters. The van der Waals surface area contributed by atoms with E-state index in [1.165, 1.54) is 6.92 Å². The largest absolute Gasteiger partial charge is 0.416 e. The molecule has 3 rings (SSSR count). The first-order valence-corrected chi connectivity index (χ1v) is 10.5. The van der Waals surface area contributed by atoms with Crippen LogP contribution in [0.3, 0.4) is 0 Å². The van der Waals surface area contributed by atoms with Crippen molar-refractivity contribution in [2.75, 3.05) is 74.5 Å². The minimum atomic E-state index is -1.22. The van der Waals surface area contributed by atoms with Gasteiger partial charge in [0.15, 0.2) is 0 Å². The van der Waals surface area contributed by atoms with E-state index in [0.29, 0.717) is 0 Å². The first-order chi connectivity index (χ1) is 17.5. The van der Waals surface area contributed by atoms with Gasteiger partial charge in [-0.2, -0.15) is 0 Å². The molecule has 0 aliphatic rings. The molecule has 17 heteroatoms. The molecule has 0 aliphatic carbocycles. The van der Waals surface area contributed by atoms with E-state index in [-0.39, 0.29) is 73.7 Å². The van der Waals surface area contributed by atoms with E-state index in [4.69, 9.17) is 84.0 Å². The first kappa shape index (κ1) is 26.6. The van der Waals surface area contributed by atoms with Crippen molar-refractivity contribution in [3.8, 4) is 11.5 Å². The Morgan fingerprint density at radius 3 is 1.05 bits per heavy atom. The molecule has 38 heavy (non-hydrogen) atoms. The Hall–Kier alpha value is -6.00. The molecule has 0 radical (unpaired) electrons. The van der Waals surface area contributed by atoms with Crippen LogP contribution in [0.5, 0.6) is 11.5 Å². The highest BCUT2D eigenvalue weighted by Gasteiger charge is 2.30. The Morgan fingerprint density at radius 1 is 0.395 bits per heavy atom. The summed E-state index contributed by atoms with van der Waals surface area (Å²) in [6, 6.07) is 0. The van der Waals surface area contributed by atoms with Gasteiger partial charge in [-0.25, -0.2) is 9.59 Å². The average Bonchev–Trinajstić information content (AvgIpc) is 2.88. The van der Waals surface area contributed by atoms with Gasteiger partial charge in [-0.15, -0.1) is 0 Å². The molecule has 202 valence electrons. The Morgan fingerprint density at radius 2 is 0.658 bits per heavy atom. The molecule has 0 heterocycles. The van der Waals surface area contributed by atoms with Gasteiger partial charge < -0.3 is 84.0 Å². The number of nitrogen functional groups attached to an aromatic ring is 13. The second-order valence-corrected chi connectivity index (χ2v) is 8.19. The predicted octanol–water partition coefficient (Wildman–Crippen LogP) is -0.998. The molecule has 26 N–H and O–H groups in total. The third kappa shape index (κ3) is 3.75. The number of hydrogen-bond donors (Lipinski definition) is 13. The van der Waals surface area contributed by atoms with E-state index in [9.17, 15) is 9.59 Å². The molecule has 3 aromatic rings.